The van der Waals surface area contributed by atoms with Crippen molar-refractivity contribution >= 4 is 40.5 Å². The summed E-state index contributed by atoms with van der Waals surface area (Å²) >= 11 is 0. The third-order valence-corrected chi connectivity index (χ3v) is 6.88. The number of primary amides is 1. The highest BCUT2D eigenvalue weighted by atomic mass is 16.4. The molecule has 3 aromatic rings. The smallest absolute Gasteiger partial charge is 0.326 e. The van der Waals surface area contributed by atoms with E-state index in [4.69, 9.17) is 11.5 Å². The van der Waals surface area contributed by atoms with Crippen LogP contribution in [0.15, 0.2) is 43.0 Å². The summed E-state index contributed by atoms with van der Waals surface area (Å²) in [6.45, 7) is 3.41. The number of nitrogens with two attached hydrogens (primary N) is 2. The minimum atomic E-state index is -1.48. The van der Waals surface area contributed by atoms with Crippen LogP contribution in [0, 0.1) is 5.92 Å². The monoisotopic (exact) mass is 568 g/mol. The molecule has 0 radical (unpaired) electrons. The molecule has 10 N–H and O–H groups in total. The van der Waals surface area contributed by atoms with Crippen LogP contribution in [-0.4, -0.2) is 73.8 Å². The van der Waals surface area contributed by atoms with Gasteiger partial charge in [0.2, 0.25) is 23.6 Å². The lowest BCUT2D eigenvalue weighted by Gasteiger charge is -2.26. The Morgan fingerprint density at radius 3 is 2.29 bits per heavy atom. The van der Waals surface area contributed by atoms with Crippen molar-refractivity contribution in [3.05, 3.63) is 54.2 Å². The quantitative estimate of drug-likeness (QED) is 0.118. The zero-order valence-electron chi connectivity index (χ0n) is 22.8. The van der Waals surface area contributed by atoms with Gasteiger partial charge in [0, 0.05) is 35.4 Å². The number of rotatable bonds is 15. The number of imidazole rings is 1. The van der Waals surface area contributed by atoms with Crippen molar-refractivity contribution in [1.82, 2.24) is 30.9 Å². The maximum atomic E-state index is 13.4. The number of amides is 4. The van der Waals surface area contributed by atoms with E-state index in [-0.39, 0.29) is 12.8 Å². The summed E-state index contributed by atoms with van der Waals surface area (Å²) in [6.07, 6.45) is 4.66. The van der Waals surface area contributed by atoms with Gasteiger partial charge in [0.15, 0.2) is 0 Å². The number of carboxylic acids is 1. The number of hydrogen-bond acceptors (Lipinski definition) is 7. The average Bonchev–Trinajstić information content (AvgIpc) is 3.60. The maximum absolute atomic E-state index is 13.4. The van der Waals surface area contributed by atoms with Crippen LogP contribution in [0.25, 0.3) is 10.9 Å². The van der Waals surface area contributed by atoms with E-state index >= 15 is 0 Å². The molecular weight excluding hydrogens is 532 g/mol. The number of carbonyl (C=O) groups is 5. The number of carboxylic acid groups (broad SMARTS) is 1. The Morgan fingerprint density at radius 1 is 0.976 bits per heavy atom. The molecule has 14 heteroatoms. The Labute approximate surface area is 236 Å². The van der Waals surface area contributed by atoms with Crippen LogP contribution in [0.5, 0.6) is 0 Å². The summed E-state index contributed by atoms with van der Waals surface area (Å²) in [5, 5.41) is 17.9. The van der Waals surface area contributed by atoms with Gasteiger partial charge in [-0.3, -0.25) is 19.2 Å². The Hall–Kier alpha value is -4.72. The van der Waals surface area contributed by atoms with Gasteiger partial charge in [0.25, 0.3) is 0 Å². The van der Waals surface area contributed by atoms with Gasteiger partial charge in [0.05, 0.1) is 18.8 Å². The summed E-state index contributed by atoms with van der Waals surface area (Å²) in [7, 11) is 0. The summed E-state index contributed by atoms with van der Waals surface area (Å²) in [4.78, 5) is 72.8. The third kappa shape index (κ3) is 8.38. The highest BCUT2D eigenvalue weighted by Gasteiger charge is 2.33. The molecule has 1 aromatic carbocycles. The van der Waals surface area contributed by atoms with E-state index in [0.717, 1.165) is 16.5 Å². The van der Waals surface area contributed by atoms with Gasteiger partial charge in [-0.1, -0.05) is 38.5 Å². The minimum Gasteiger partial charge on any atom is -0.480 e. The summed E-state index contributed by atoms with van der Waals surface area (Å²) in [6, 6.07) is 2.60. The molecule has 0 saturated heterocycles. The molecule has 3 rings (SSSR count). The molecule has 0 saturated carbocycles. The van der Waals surface area contributed by atoms with Crippen molar-refractivity contribution < 1.29 is 29.1 Å². The molecule has 0 spiro atoms. The number of aromatic amines is 2. The molecule has 0 aliphatic heterocycles. The molecule has 5 unspecified atom stereocenters. The number of benzene rings is 1. The number of nitrogens with zero attached hydrogens (tertiary/aromatic N) is 1. The van der Waals surface area contributed by atoms with Gasteiger partial charge in [-0.25, -0.2) is 9.78 Å². The summed E-state index contributed by atoms with van der Waals surface area (Å²) < 4.78 is 0. The average molecular weight is 569 g/mol. The first-order valence-corrected chi connectivity index (χ1v) is 13.2. The lowest BCUT2D eigenvalue weighted by molar-refractivity contribution is -0.144. The van der Waals surface area contributed by atoms with E-state index in [9.17, 15) is 29.1 Å². The first-order chi connectivity index (χ1) is 19.5. The number of fused-ring (bicyclic) bond motifs is 1. The zero-order valence-corrected chi connectivity index (χ0v) is 22.8. The van der Waals surface area contributed by atoms with E-state index < -0.39 is 66.1 Å². The fourth-order valence-electron chi connectivity index (χ4n) is 4.35. The molecule has 2 aromatic heterocycles. The van der Waals surface area contributed by atoms with Crippen LogP contribution in [0.2, 0.25) is 0 Å². The number of carbonyl (C=O) groups excluding carboxylic acids is 4. The second-order valence-electron chi connectivity index (χ2n) is 9.95. The lowest BCUT2D eigenvalue weighted by atomic mass is 9.98. The van der Waals surface area contributed by atoms with Crippen molar-refractivity contribution in [3.8, 4) is 0 Å². The number of hydrogen-bond donors (Lipinski definition) is 8. The third-order valence-electron chi connectivity index (χ3n) is 6.88. The molecule has 14 nitrogen and oxygen atoms in total. The topological polar surface area (TPSA) is 238 Å². The van der Waals surface area contributed by atoms with Gasteiger partial charge in [-0.15, -0.1) is 0 Å². The predicted molar refractivity (Wildman–Crippen MR) is 149 cm³/mol. The van der Waals surface area contributed by atoms with E-state index in [2.05, 4.69) is 30.9 Å². The van der Waals surface area contributed by atoms with Crippen molar-refractivity contribution in [3.63, 3.8) is 0 Å². The van der Waals surface area contributed by atoms with Crippen LogP contribution in [0.3, 0.4) is 0 Å². The van der Waals surface area contributed by atoms with Crippen molar-refractivity contribution in [2.75, 3.05) is 0 Å². The molecule has 5 atom stereocenters. The van der Waals surface area contributed by atoms with Gasteiger partial charge >= 0.3 is 5.97 Å². The zero-order chi connectivity index (χ0) is 30.1. The predicted octanol–water partition coefficient (Wildman–Crippen LogP) is -0.536. The maximum Gasteiger partial charge on any atom is 0.326 e. The molecular formula is C27H36N8O6. The molecule has 0 aliphatic rings. The Kier molecular flexibility index (Phi) is 10.6. The van der Waals surface area contributed by atoms with Gasteiger partial charge in [-0.05, 0) is 24.0 Å². The second kappa shape index (κ2) is 14.1. The van der Waals surface area contributed by atoms with Crippen molar-refractivity contribution in [2.24, 2.45) is 17.4 Å². The van der Waals surface area contributed by atoms with Crippen LogP contribution >= 0.6 is 0 Å². The minimum absolute atomic E-state index is 0.0348. The first-order valence-electron chi connectivity index (χ1n) is 13.2. The molecule has 41 heavy (non-hydrogen) atoms. The molecule has 0 aliphatic carbocycles. The fourth-order valence-corrected chi connectivity index (χ4v) is 4.35. The van der Waals surface area contributed by atoms with Gasteiger partial charge < -0.3 is 42.5 Å². The Morgan fingerprint density at radius 2 is 1.66 bits per heavy atom. The van der Waals surface area contributed by atoms with Crippen LogP contribution in [0.4, 0.5) is 0 Å². The second-order valence-corrected chi connectivity index (χ2v) is 9.95. The number of H-pyrrole nitrogens is 2. The highest BCUT2D eigenvalue weighted by Crippen LogP contribution is 2.19. The highest BCUT2D eigenvalue weighted by molar-refractivity contribution is 5.96. The molecule has 0 fully saturated rings. The molecule has 2 heterocycles. The Bertz CT molecular complexity index is 1370. The molecule has 220 valence electrons. The van der Waals surface area contributed by atoms with Gasteiger partial charge in [-0.2, -0.15) is 0 Å². The number of nitrogens with one attached hydrogen (secondary N) is 5. The van der Waals surface area contributed by atoms with Crippen LogP contribution in [0.1, 0.15) is 37.9 Å². The standard InChI is InChI=1S/C27H36N8O6/c1-3-14(2)23(27(40)41)35-26(39)21(10-22(29)36)34-25(38)20(9-16-12-30-13-32-16)33-24(37)18(28)8-15-11-31-19-7-5-4-6-17(15)19/h4-7,11-14,18,20-21,23,31H,3,8-10,28H2,1-2H3,(H2,29,36)(H,30,32)(H,33,37)(H,34,38)(H,35,39)(H,40,41). The van der Waals surface area contributed by atoms with Crippen molar-refractivity contribution in [1.29, 1.82) is 0 Å². The molecule has 0 bridgehead atoms. The van der Waals surface area contributed by atoms with E-state index in [1.165, 1.54) is 12.5 Å². The summed E-state index contributed by atoms with van der Waals surface area (Å²) in [5.74, 6) is -4.89. The fraction of sp³-hybridized carbons (Fsp3) is 0.407. The largest absolute Gasteiger partial charge is 0.480 e. The summed E-state index contributed by atoms with van der Waals surface area (Å²) in [5.41, 5.74) is 13.7. The number of aliphatic carboxylic acids is 1. The number of para-hydroxylation sites is 1. The van der Waals surface area contributed by atoms with Crippen LogP contribution in [-0.2, 0) is 36.8 Å². The van der Waals surface area contributed by atoms with Gasteiger partial charge in [0.1, 0.15) is 18.1 Å². The number of aromatic nitrogens is 3. The lowest BCUT2D eigenvalue weighted by Crippen LogP contribution is -2.59. The molecule has 4 amide bonds. The SMILES string of the molecule is CCC(C)C(NC(=O)C(CC(N)=O)NC(=O)C(Cc1cnc[nH]1)NC(=O)C(N)Cc1c[nH]c2ccccc12)C(=O)O. The Balaban J connectivity index is 1.76. The normalized spacial score (nSPS) is 14.8. The van der Waals surface area contributed by atoms with E-state index in [1.807, 2.05) is 24.3 Å². The van der Waals surface area contributed by atoms with Crippen LogP contribution < -0.4 is 27.4 Å². The van der Waals surface area contributed by atoms with E-state index in [1.54, 1.807) is 20.0 Å². The van der Waals surface area contributed by atoms with E-state index in [0.29, 0.717) is 12.1 Å². The van der Waals surface area contributed by atoms with Crippen molar-refractivity contribution in [2.45, 2.75) is 63.7 Å². The first kappa shape index (κ1) is 30.8.